The molecule has 2 heterocycles. The fourth-order valence-electron chi connectivity index (χ4n) is 3.36. The van der Waals surface area contributed by atoms with Crippen molar-refractivity contribution in [1.82, 2.24) is 14.5 Å². The predicted octanol–water partition coefficient (Wildman–Crippen LogP) is 5.11. The van der Waals surface area contributed by atoms with Gasteiger partial charge < -0.3 is 9.30 Å². The van der Waals surface area contributed by atoms with Crippen LogP contribution in [-0.2, 0) is 11.3 Å². The number of nitrogens with zero attached hydrogens (tertiary/aromatic N) is 3. The van der Waals surface area contributed by atoms with E-state index >= 15 is 0 Å². The van der Waals surface area contributed by atoms with Crippen LogP contribution in [0.15, 0.2) is 85.7 Å². The minimum absolute atomic E-state index is 0.285. The number of benzene rings is 2. The Labute approximate surface area is 179 Å². The van der Waals surface area contributed by atoms with Gasteiger partial charge in [-0.2, -0.15) is 0 Å². The van der Waals surface area contributed by atoms with E-state index in [-0.39, 0.29) is 5.82 Å². The second kappa shape index (κ2) is 9.17. The number of carbonyl (C=O) groups is 1. The summed E-state index contributed by atoms with van der Waals surface area (Å²) in [7, 11) is 1.36. The van der Waals surface area contributed by atoms with Gasteiger partial charge in [0.1, 0.15) is 5.82 Å². The predicted molar refractivity (Wildman–Crippen MR) is 118 cm³/mol. The van der Waals surface area contributed by atoms with Crippen molar-refractivity contribution < 1.29 is 13.9 Å². The molecule has 6 heteroatoms. The Bertz CT molecular complexity index is 1200. The maximum absolute atomic E-state index is 13.5. The molecular formula is C25H20FN3O2. The van der Waals surface area contributed by atoms with Crippen molar-refractivity contribution in [3.63, 3.8) is 0 Å². The molecule has 0 aliphatic carbocycles. The first-order valence-electron chi connectivity index (χ1n) is 9.69. The maximum atomic E-state index is 13.5. The van der Waals surface area contributed by atoms with Gasteiger partial charge in [-0.05, 0) is 58.7 Å². The van der Waals surface area contributed by atoms with Gasteiger partial charge >= 0.3 is 5.97 Å². The number of carbonyl (C=O) groups excluding carboxylic acids is 1. The van der Waals surface area contributed by atoms with Crippen LogP contribution in [0.2, 0.25) is 0 Å². The van der Waals surface area contributed by atoms with Gasteiger partial charge in [0.2, 0.25) is 0 Å². The van der Waals surface area contributed by atoms with Crippen LogP contribution >= 0.6 is 0 Å². The van der Waals surface area contributed by atoms with E-state index in [2.05, 4.69) is 9.97 Å². The lowest BCUT2D eigenvalue weighted by Gasteiger charge is -2.12. The molecule has 0 saturated heterocycles. The molecule has 0 aliphatic heterocycles. The average molecular weight is 413 g/mol. The van der Waals surface area contributed by atoms with Crippen molar-refractivity contribution in [2.45, 2.75) is 6.54 Å². The lowest BCUT2D eigenvalue weighted by atomic mass is 9.96. The first-order valence-corrected chi connectivity index (χ1v) is 9.69. The zero-order valence-electron chi connectivity index (χ0n) is 16.9. The third kappa shape index (κ3) is 4.75. The van der Waals surface area contributed by atoms with Gasteiger partial charge in [0.25, 0.3) is 0 Å². The van der Waals surface area contributed by atoms with Crippen LogP contribution in [0.1, 0.15) is 21.5 Å². The Kier molecular flexibility index (Phi) is 5.98. The number of halogens is 1. The Morgan fingerprint density at radius 2 is 1.94 bits per heavy atom. The average Bonchev–Trinajstić information content (AvgIpc) is 3.32. The molecule has 154 valence electrons. The Morgan fingerprint density at radius 3 is 2.61 bits per heavy atom. The molecule has 0 saturated carbocycles. The van der Waals surface area contributed by atoms with Crippen LogP contribution in [0.3, 0.4) is 0 Å². The molecule has 0 radical (unpaired) electrons. The number of hydrogen-bond donors (Lipinski definition) is 0. The lowest BCUT2D eigenvalue weighted by molar-refractivity contribution is 0.0601. The van der Waals surface area contributed by atoms with Crippen LogP contribution < -0.4 is 0 Å². The molecule has 31 heavy (non-hydrogen) atoms. The summed E-state index contributed by atoms with van der Waals surface area (Å²) in [6.45, 7) is 0.562. The van der Waals surface area contributed by atoms with Gasteiger partial charge in [-0.1, -0.05) is 24.3 Å². The second-order valence-corrected chi connectivity index (χ2v) is 6.95. The molecule has 0 spiro atoms. The fourth-order valence-corrected chi connectivity index (χ4v) is 3.36. The summed E-state index contributed by atoms with van der Waals surface area (Å²) in [4.78, 5) is 20.6. The summed E-state index contributed by atoms with van der Waals surface area (Å²) in [5.74, 6) is -0.696. The van der Waals surface area contributed by atoms with Crippen LogP contribution in [0, 0.1) is 5.82 Å². The van der Waals surface area contributed by atoms with Gasteiger partial charge in [0, 0.05) is 36.9 Å². The quantitative estimate of drug-likeness (QED) is 0.326. The first-order chi connectivity index (χ1) is 15.1. The van der Waals surface area contributed by atoms with Crippen LogP contribution in [0.25, 0.3) is 22.8 Å². The Balaban J connectivity index is 1.81. The van der Waals surface area contributed by atoms with E-state index in [0.717, 1.165) is 27.8 Å². The smallest absolute Gasteiger partial charge is 0.338 e. The van der Waals surface area contributed by atoms with Crippen molar-refractivity contribution in [1.29, 1.82) is 0 Å². The summed E-state index contributed by atoms with van der Waals surface area (Å²) >= 11 is 0. The number of ether oxygens (including phenoxy) is 1. The maximum Gasteiger partial charge on any atom is 0.338 e. The van der Waals surface area contributed by atoms with Crippen molar-refractivity contribution in [3.05, 3.63) is 108 Å². The van der Waals surface area contributed by atoms with E-state index in [0.29, 0.717) is 12.1 Å². The third-order valence-electron chi connectivity index (χ3n) is 4.89. The molecule has 0 fully saturated rings. The zero-order chi connectivity index (χ0) is 21.6. The van der Waals surface area contributed by atoms with E-state index in [1.165, 1.54) is 19.2 Å². The normalized spacial score (nSPS) is 11.4. The number of aromatic nitrogens is 3. The van der Waals surface area contributed by atoms with Crippen LogP contribution in [0.5, 0.6) is 0 Å². The molecule has 0 aliphatic rings. The Morgan fingerprint density at radius 1 is 1.10 bits per heavy atom. The highest BCUT2D eigenvalue weighted by Crippen LogP contribution is 2.28. The summed E-state index contributed by atoms with van der Waals surface area (Å²) in [6, 6.07) is 15.7. The van der Waals surface area contributed by atoms with Gasteiger partial charge in [0.05, 0.1) is 19.0 Å². The zero-order valence-corrected chi connectivity index (χ0v) is 16.9. The topological polar surface area (TPSA) is 57.0 Å². The van der Waals surface area contributed by atoms with E-state index in [9.17, 15) is 9.18 Å². The van der Waals surface area contributed by atoms with Crippen molar-refractivity contribution in [2.24, 2.45) is 0 Å². The number of pyridine rings is 1. The van der Waals surface area contributed by atoms with Gasteiger partial charge in [-0.3, -0.25) is 4.98 Å². The minimum atomic E-state index is -0.411. The number of rotatable bonds is 6. The third-order valence-corrected chi connectivity index (χ3v) is 4.89. The highest BCUT2D eigenvalue weighted by molar-refractivity contribution is 5.98. The van der Waals surface area contributed by atoms with Gasteiger partial charge in [-0.25, -0.2) is 14.2 Å². The van der Waals surface area contributed by atoms with Crippen molar-refractivity contribution in [2.75, 3.05) is 7.11 Å². The molecule has 2 aromatic carbocycles. The highest BCUT2D eigenvalue weighted by atomic mass is 19.1. The molecule has 4 rings (SSSR count). The van der Waals surface area contributed by atoms with Gasteiger partial charge in [-0.15, -0.1) is 0 Å². The number of esters is 1. The molecule has 0 N–H and O–H groups in total. The molecule has 4 aromatic rings. The molecule has 0 amide bonds. The van der Waals surface area contributed by atoms with E-state index in [1.807, 2.05) is 41.1 Å². The molecular weight excluding hydrogens is 393 g/mol. The number of imidazole rings is 1. The van der Waals surface area contributed by atoms with Crippen LogP contribution in [-0.4, -0.2) is 27.6 Å². The molecule has 0 unspecified atom stereocenters. The number of methoxy groups -OCH3 is 1. The summed E-state index contributed by atoms with van der Waals surface area (Å²) in [6.07, 6.45) is 10.7. The van der Waals surface area contributed by atoms with Crippen molar-refractivity contribution in [3.8, 4) is 11.1 Å². The standard InChI is InChI=1S/C25H20FN3O2/c1-31-25(30)23-9-4-18(14-24(23)20-3-2-10-27-15-20)13-21(16-29-12-11-28-17-29)19-5-7-22(26)8-6-19/h2-15,17H,16H2,1H3/b21-13-. The van der Waals surface area contributed by atoms with E-state index in [1.54, 1.807) is 43.1 Å². The van der Waals surface area contributed by atoms with Crippen molar-refractivity contribution >= 4 is 17.6 Å². The van der Waals surface area contributed by atoms with Gasteiger partial charge in [0.15, 0.2) is 0 Å². The van der Waals surface area contributed by atoms with Crippen LogP contribution in [0.4, 0.5) is 4.39 Å². The SMILES string of the molecule is COC(=O)c1ccc(/C=C(/Cn2ccnc2)c2ccc(F)cc2)cc1-c1cccnc1. The Hall–Kier alpha value is -4.06. The summed E-state index contributed by atoms with van der Waals surface area (Å²) in [5.41, 5.74) is 4.78. The second-order valence-electron chi connectivity index (χ2n) is 6.95. The summed E-state index contributed by atoms with van der Waals surface area (Å²) in [5, 5.41) is 0. The molecule has 0 bridgehead atoms. The number of hydrogen-bond acceptors (Lipinski definition) is 4. The van der Waals surface area contributed by atoms with E-state index in [4.69, 9.17) is 4.74 Å². The highest BCUT2D eigenvalue weighted by Gasteiger charge is 2.14. The minimum Gasteiger partial charge on any atom is -0.465 e. The monoisotopic (exact) mass is 413 g/mol. The van der Waals surface area contributed by atoms with E-state index < -0.39 is 5.97 Å². The lowest BCUT2D eigenvalue weighted by Crippen LogP contribution is -2.04. The summed E-state index contributed by atoms with van der Waals surface area (Å²) < 4.78 is 20.4. The molecule has 2 aromatic heterocycles. The fraction of sp³-hybridized carbons (Fsp3) is 0.0800. The first kappa shape index (κ1) is 20.2. The molecule has 5 nitrogen and oxygen atoms in total. The largest absolute Gasteiger partial charge is 0.465 e. The molecule has 0 atom stereocenters. The number of allylic oxidation sites excluding steroid dienone is 1.